The summed E-state index contributed by atoms with van der Waals surface area (Å²) in [6, 6.07) is 10.1. The van der Waals surface area contributed by atoms with Gasteiger partial charge in [-0.05, 0) is 18.9 Å². The number of nitrogens with one attached hydrogen (secondary N) is 1. The number of nitrogens with zero attached hydrogens (tertiary/aromatic N) is 1. The van der Waals surface area contributed by atoms with Crippen molar-refractivity contribution in [3.8, 4) is 0 Å². The minimum Gasteiger partial charge on any atom is -0.383 e. The van der Waals surface area contributed by atoms with E-state index >= 15 is 0 Å². The lowest BCUT2D eigenvalue weighted by Crippen LogP contribution is -2.44. The van der Waals surface area contributed by atoms with Crippen LogP contribution in [0.2, 0.25) is 0 Å². The molecule has 0 saturated carbocycles. The Balaban J connectivity index is 2.89. The number of benzene rings is 1. The normalized spacial score (nSPS) is 14.0. The number of hydrogen-bond donors (Lipinski definition) is 2. The van der Waals surface area contributed by atoms with Gasteiger partial charge in [-0.2, -0.15) is 0 Å². The van der Waals surface area contributed by atoms with Crippen LogP contribution >= 0.6 is 0 Å². The highest BCUT2D eigenvalue weighted by atomic mass is 16.5. The van der Waals surface area contributed by atoms with E-state index < -0.39 is 0 Å². The zero-order chi connectivity index (χ0) is 15.7. The fourth-order valence-electron chi connectivity index (χ4n) is 2.32. The summed E-state index contributed by atoms with van der Waals surface area (Å²) in [5.74, 6) is 4.92. The Hall–Kier alpha value is -1.43. The van der Waals surface area contributed by atoms with Crippen molar-refractivity contribution >= 4 is 5.91 Å². The SMILES string of the molecule is CCC(C)N(CCOC)CC(C(=O)NN)c1ccccc1. The molecule has 21 heavy (non-hydrogen) atoms. The maximum atomic E-state index is 12.1. The molecule has 0 bridgehead atoms. The first-order valence-electron chi connectivity index (χ1n) is 7.42. The average Bonchev–Trinajstić information content (AvgIpc) is 2.54. The van der Waals surface area contributed by atoms with E-state index in [1.54, 1.807) is 7.11 Å². The van der Waals surface area contributed by atoms with E-state index in [4.69, 9.17) is 10.6 Å². The topological polar surface area (TPSA) is 67.6 Å². The van der Waals surface area contributed by atoms with Crippen molar-refractivity contribution < 1.29 is 9.53 Å². The van der Waals surface area contributed by atoms with Gasteiger partial charge < -0.3 is 4.74 Å². The third-order valence-corrected chi connectivity index (χ3v) is 3.87. The number of rotatable bonds is 9. The smallest absolute Gasteiger partial charge is 0.242 e. The Morgan fingerprint density at radius 1 is 1.38 bits per heavy atom. The highest BCUT2D eigenvalue weighted by Crippen LogP contribution is 2.19. The van der Waals surface area contributed by atoms with Crippen LogP contribution in [0.4, 0.5) is 0 Å². The zero-order valence-electron chi connectivity index (χ0n) is 13.2. The summed E-state index contributed by atoms with van der Waals surface area (Å²) in [5.41, 5.74) is 3.26. The third kappa shape index (κ3) is 5.46. The van der Waals surface area contributed by atoms with E-state index in [0.29, 0.717) is 19.2 Å². The van der Waals surface area contributed by atoms with Crippen LogP contribution in [0.15, 0.2) is 30.3 Å². The Morgan fingerprint density at radius 3 is 2.57 bits per heavy atom. The molecule has 5 nitrogen and oxygen atoms in total. The summed E-state index contributed by atoms with van der Waals surface area (Å²) in [4.78, 5) is 14.4. The van der Waals surface area contributed by atoms with E-state index in [0.717, 1.165) is 18.5 Å². The molecule has 3 N–H and O–H groups in total. The first-order valence-corrected chi connectivity index (χ1v) is 7.42. The largest absolute Gasteiger partial charge is 0.383 e. The third-order valence-electron chi connectivity index (χ3n) is 3.87. The first-order chi connectivity index (χ1) is 10.1. The summed E-state index contributed by atoms with van der Waals surface area (Å²) in [7, 11) is 1.69. The molecular formula is C16H27N3O2. The number of ether oxygens (including phenoxy) is 1. The molecule has 5 heteroatoms. The molecule has 2 atom stereocenters. The lowest BCUT2D eigenvalue weighted by molar-refractivity contribution is -0.123. The van der Waals surface area contributed by atoms with Crippen LogP contribution in [0, 0.1) is 0 Å². The summed E-state index contributed by atoms with van der Waals surface area (Å²) in [5, 5.41) is 0. The van der Waals surface area contributed by atoms with Crippen molar-refractivity contribution in [2.24, 2.45) is 5.84 Å². The number of hydrazine groups is 1. The minimum atomic E-state index is -0.276. The second-order valence-corrected chi connectivity index (χ2v) is 5.22. The van der Waals surface area contributed by atoms with E-state index in [1.165, 1.54) is 0 Å². The van der Waals surface area contributed by atoms with Crippen LogP contribution < -0.4 is 11.3 Å². The number of methoxy groups -OCH3 is 1. The molecule has 0 aromatic heterocycles. The van der Waals surface area contributed by atoms with Crippen molar-refractivity contribution in [1.29, 1.82) is 0 Å². The molecule has 0 radical (unpaired) electrons. The Morgan fingerprint density at radius 2 is 2.05 bits per heavy atom. The standard InChI is InChI=1S/C16H27N3O2/c1-4-13(2)19(10-11-21-3)12-15(16(20)18-17)14-8-6-5-7-9-14/h5-9,13,15H,4,10-12,17H2,1-3H3,(H,18,20). The second kappa shape index (κ2) is 9.50. The first kappa shape index (κ1) is 17.6. The van der Waals surface area contributed by atoms with Crippen molar-refractivity contribution in [2.75, 3.05) is 26.8 Å². The van der Waals surface area contributed by atoms with Crippen LogP contribution in [-0.2, 0) is 9.53 Å². The molecule has 0 aliphatic heterocycles. The molecule has 2 unspecified atom stereocenters. The summed E-state index contributed by atoms with van der Waals surface area (Å²) in [6.07, 6.45) is 1.02. The molecular weight excluding hydrogens is 266 g/mol. The fourth-order valence-corrected chi connectivity index (χ4v) is 2.32. The van der Waals surface area contributed by atoms with Crippen molar-refractivity contribution in [2.45, 2.75) is 32.2 Å². The molecule has 0 aliphatic carbocycles. The van der Waals surface area contributed by atoms with Crippen molar-refractivity contribution in [3.63, 3.8) is 0 Å². The fraction of sp³-hybridized carbons (Fsp3) is 0.562. The second-order valence-electron chi connectivity index (χ2n) is 5.22. The number of hydrogen-bond acceptors (Lipinski definition) is 4. The minimum absolute atomic E-state index is 0.160. The Kier molecular flexibility index (Phi) is 7.97. The lowest BCUT2D eigenvalue weighted by atomic mass is 9.97. The van der Waals surface area contributed by atoms with Gasteiger partial charge in [-0.25, -0.2) is 5.84 Å². The monoisotopic (exact) mass is 293 g/mol. The van der Waals surface area contributed by atoms with E-state index in [-0.39, 0.29) is 11.8 Å². The maximum absolute atomic E-state index is 12.1. The predicted octanol–water partition coefficient (Wildman–Crippen LogP) is 1.51. The van der Waals surface area contributed by atoms with Gasteiger partial charge in [0.2, 0.25) is 5.91 Å². The lowest BCUT2D eigenvalue weighted by Gasteiger charge is -2.31. The number of carbonyl (C=O) groups excluding carboxylic acids is 1. The van der Waals surface area contributed by atoms with Crippen molar-refractivity contribution in [3.05, 3.63) is 35.9 Å². The van der Waals surface area contributed by atoms with Crippen molar-refractivity contribution in [1.82, 2.24) is 10.3 Å². The summed E-state index contributed by atoms with van der Waals surface area (Å²) < 4.78 is 5.17. The van der Waals surface area contributed by atoms with Crippen LogP contribution in [0.3, 0.4) is 0 Å². The molecule has 1 rings (SSSR count). The van der Waals surface area contributed by atoms with Gasteiger partial charge in [0.25, 0.3) is 0 Å². The van der Waals surface area contributed by atoms with Gasteiger partial charge in [-0.15, -0.1) is 0 Å². The molecule has 1 aromatic rings. The molecule has 1 aromatic carbocycles. The van der Waals surface area contributed by atoms with E-state index in [9.17, 15) is 4.79 Å². The zero-order valence-corrected chi connectivity index (χ0v) is 13.2. The van der Waals surface area contributed by atoms with Crippen LogP contribution in [-0.4, -0.2) is 43.7 Å². The van der Waals surface area contributed by atoms with Gasteiger partial charge in [-0.1, -0.05) is 37.3 Å². The van der Waals surface area contributed by atoms with Gasteiger partial charge >= 0.3 is 0 Å². The van der Waals surface area contributed by atoms with E-state index in [1.807, 2.05) is 30.3 Å². The Labute approximate surface area is 127 Å². The highest BCUT2D eigenvalue weighted by molar-refractivity contribution is 5.83. The van der Waals surface area contributed by atoms with Gasteiger partial charge in [0, 0.05) is 26.2 Å². The van der Waals surface area contributed by atoms with Gasteiger partial charge in [-0.3, -0.25) is 15.1 Å². The maximum Gasteiger partial charge on any atom is 0.242 e. The van der Waals surface area contributed by atoms with Gasteiger partial charge in [0.15, 0.2) is 0 Å². The quantitative estimate of drug-likeness (QED) is 0.411. The van der Waals surface area contributed by atoms with Gasteiger partial charge in [0.05, 0.1) is 12.5 Å². The average molecular weight is 293 g/mol. The predicted molar refractivity (Wildman–Crippen MR) is 84.7 cm³/mol. The molecule has 118 valence electrons. The van der Waals surface area contributed by atoms with Crippen LogP contribution in [0.5, 0.6) is 0 Å². The molecule has 0 heterocycles. The van der Waals surface area contributed by atoms with E-state index in [2.05, 4.69) is 24.2 Å². The van der Waals surface area contributed by atoms with Crippen LogP contribution in [0.25, 0.3) is 0 Å². The van der Waals surface area contributed by atoms with Gasteiger partial charge in [0.1, 0.15) is 0 Å². The number of carbonyl (C=O) groups is 1. The summed E-state index contributed by atoms with van der Waals surface area (Å²) in [6.45, 7) is 6.39. The molecule has 0 saturated heterocycles. The summed E-state index contributed by atoms with van der Waals surface area (Å²) >= 11 is 0. The highest BCUT2D eigenvalue weighted by Gasteiger charge is 2.24. The van der Waals surface area contributed by atoms with Crippen LogP contribution in [0.1, 0.15) is 31.7 Å². The molecule has 0 aliphatic rings. The molecule has 0 spiro atoms. The molecule has 0 fully saturated rings. The Bertz CT molecular complexity index is 411. The number of nitrogens with two attached hydrogens (primary N) is 1. The number of amides is 1. The molecule has 1 amide bonds.